The van der Waals surface area contributed by atoms with Crippen LogP contribution in [-0.2, 0) is 9.59 Å². The van der Waals surface area contributed by atoms with Crippen LogP contribution < -0.4 is 15.4 Å². The molecule has 0 fully saturated rings. The number of benzene rings is 2. The monoisotopic (exact) mass is 414 g/mol. The van der Waals surface area contributed by atoms with Gasteiger partial charge < -0.3 is 20.5 Å². The van der Waals surface area contributed by atoms with E-state index in [4.69, 9.17) is 0 Å². The third-order valence-electron chi connectivity index (χ3n) is 3.51. The van der Waals surface area contributed by atoms with E-state index in [1.54, 1.807) is 23.9 Å². The first-order valence-corrected chi connectivity index (χ1v) is 9.17. The van der Waals surface area contributed by atoms with Crippen LogP contribution in [0.1, 0.15) is 11.7 Å². The number of aliphatic hydroxyl groups is 1. The molecule has 2 aromatic carbocycles. The predicted molar refractivity (Wildman–Crippen MR) is 97.9 cm³/mol. The number of alkyl halides is 3. The van der Waals surface area contributed by atoms with E-state index in [-0.39, 0.29) is 12.2 Å². The van der Waals surface area contributed by atoms with E-state index in [2.05, 4.69) is 15.4 Å². The number of anilines is 1. The molecule has 0 radical (unpaired) electrons. The Hall–Kier alpha value is -2.72. The Morgan fingerprint density at radius 3 is 2.21 bits per heavy atom. The van der Waals surface area contributed by atoms with Gasteiger partial charge in [0.1, 0.15) is 5.75 Å². The average molecular weight is 414 g/mol. The van der Waals surface area contributed by atoms with Gasteiger partial charge in [-0.25, -0.2) is 0 Å². The first-order chi connectivity index (χ1) is 13.2. The molecular weight excluding hydrogens is 397 g/mol. The number of thioether (sulfide) groups is 1. The van der Waals surface area contributed by atoms with E-state index in [0.717, 1.165) is 29.2 Å². The predicted octanol–water partition coefficient (Wildman–Crippen LogP) is 3.10. The minimum Gasteiger partial charge on any atom is -0.406 e. The Morgan fingerprint density at radius 2 is 1.68 bits per heavy atom. The molecule has 28 heavy (non-hydrogen) atoms. The lowest BCUT2D eigenvalue weighted by molar-refractivity contribution is -0.274. The molecule has 0 aliphatic rings. The molecule has 0 bridgehead atoms. The van der Waals surface area contributed by atoms with Gasteiger partial charge in [-0.3, -0.25) is 9.59 Å². The fourth-order valence-corrected chi connectivity index (χ4v) is 2.55. The number of hydrogen-bond acceptors (Lipinski definition) is 5. The Kier molecular flexibility index (Phi) is 7.30. The SMILES string of the molecule is CSc1ccc(C(O)CNC(=O)C(=O)Nc2ccc(OC(F)(F)F)cc2)cc1. The average Bonchev–Trinajstić information content (AvgIpc) is 2.66. The normalized spacial score (nSPS) is 12.2. The molecule has 2 rings (SSSR count). The van der Waals surface area contributed by atoms with E-state index in [1.165, 1.54) is 0 Å². The van der Waals surface area contributed by atoms with Gasteiger partial charge in [0, 0.05) is 17.1 Å². The quantitative estimate of drug-likeness (QED) is 0.500. The molecule has 6 nitrogen and oxygen atoms in total. The van der Waals surface area contributed by atoms with Crippen LogP contribution in [0, 0.1) is 0 Å². The second-order valence-corrected chi connectivity index (χ2v) is 6.40. The van der Waals surface area contributed by atoms with Gasteiger partial charge in [0.05, 0.1) is 6.10 Å². The number of carbonyl (C=O) groups is 2. The minimum absolute atomic E-state index is 0.114. The first kappa shape index (κ1) is 21.6. The lowest BCUT2D eigenvalue weighted by Crippen LogP contribution is -2.37. The molecule has 150 valence electrons. The molecule has 0 aliphatic heterocycles. The zero-order chi connectivity index (χ0) is 20.7. The third-order valence-corrected chi connectivity index (χ3v) is 4.25. The molecule has 1 atom stereocenters. The zero-order valence-electron chi connectivity index (χ0n) is 14.6. The van der Waals surface area contributed by atoms with Crippen molar-refractivity contribution in [1.29, 1.82) is 0 Å². The highest BCUT2D eigenvalue weighted by Crippen LogP contribution is 2.24. The van der Waals surface area contributed by atoms with Gasteiger partial charge in [0.15, 0.2) is 0 Å². The molecule has 10 heteroatoms. The van der Waals surface area contributed by atoms with Gasteiger partial charge in [-0.15, -0.1) is 24.9 Å². The van der Waals surface area contributed by atoms with Crippen LogP contribution in [0.25, 0.3) is 0 Å². The third kappa shape index (κ3) is 6.78. The Labute approximate surface area is 163 Å². The number of aliphatic hydroxyl groups excluding tert-OH is 1. The Balaban J connectivity index is 1.84. The first-order valence-electron chi connectivity index (χ1n) is 7.95. The number of carbonyl (C=O) groups excluding carboxylic acids is 2. The summed E-state index contributed by atoms with van der Waals surface area (Å²) in [6.45, 7) is -0.177. The second-order valence-electron chi connectivity index (χ2n) is 5.53. The standard InChI is InChI=1S/C18H17F3N2O4S/c1-28-14-8-2-11(3-9-14)15(24)10-22-16(25)17(26)23-12-4-6-13(7-5-12)27-18(19,20)21/h2-9,15,24H,10H2,1H3,(H,22,25)(H,23,26). The van der Waals surface area contributed by atoms with Crippen molar-refractivity contribution in [3.8, 4) is 5.75 Å². The highest BCUT2D eigenvalue weighted by atomic mass is 32.2. The van der Waals surface area contributed by atoms with Gasteiger partial charge >= 0.3 is 18.2 Å². The number of ether oxygens (including phenoxy) is 1. The summed E-state index contributed by atoms with van der Waals surface area (Å²) in [6.07, 6.45) is -3.89. The highest BCUT2D eigenvalue weighted by Gasteiger charge is 2.31. The molecule has 0 aliphatic carbocycles. The smallest absolute Gasteiger partial charge is 0.406 e. The van der Waals surface area contributed by atoms with Crippen molar-refractivity contribution in [3.05, 3.63) is 54.1 Å². The van der Waals surface area contributed by atoms with Gasteiger partial charge in [0.2, 0.25) is 0 Å². The minimum atomic E-state index is -4.82. The summed E-state index contributed by atoms with van der Waals surface area (Å²) in [6, 6.07) is 11.4. The molecule has 0 heterocycles. The van der Waals surface area contributed by atoms with Crippen LogP contribution in [0.2, 0.25) is 0 Å². The largest absolute Gasteiger partial charge is 0.573 e. The molecular formula is C18H17F3N2O4S. The van der Waals surface area contributed by atoms with Crippen molar-refractivity contribution in [2.24, 2.45) is 0 Å². The molecule has 3 N–H and O–H groups in total. The molecule has 0 aromatic heterocycles. The van der Waals surface area contributed by atoms with Crippen molar-refractivity contribution < 1.29 is 32.6 Å². The lowest BCUT2D eigenvalue weighted by Gasteiger charge is -2.13. The Morgan fingerprint density at radius 1 is 1.07 bits per heavy atom. The molecule has 2 amide bonds. The summed E-state index contributed by atoms with van der Waals surface area (Å²) in [5, 5.41) is 14.6. The maximum atomic E-state index is 12.1. The van der Waals surface area contributed by atoms with E-state index in [9.17, 15) is 27.9 Å². The van der Waals surface area contributed by atoms with Crippen LogP contribution in [0.3, 0.4) is 0 Å². The van der Waals surface area contributed by atoms with E-state index in [1.807, 2.05) is 18.4 Å². The fourth-order valence-electron chi connectivity index (χ4n) is 2.14. The van der Waals surface area contributed by atoms with Gasteiger partial charge in [0.25, 0.3) is 0 Å². The van der Waals surface area contributed by atoms with Crippen molar-refractivity contribution in [1.82, 2.24) is 5.32 Å². The molecule has 0 saturated heterocycles. The molecule has 1 unspecified atom stereocenters. The lowest BCUT2D eigenvalue weighted by atomic mass is 10.1. The van der Waals surface area contributed by atoms with Crippen LogP contribution in [-0.4, -0.2) is 36.1 Å². The molecule has 0 saturated carbocycles. The van der Waals surface area contributed by atoms with Crippen molar-refractivity contribution in [2.45, 2.75) is 17.4 Å². The topological polar surface area (TPSA) is 87.7 Å². The number of rotatable bonds is 6. The zero-order valence-corrected chi connectivity index (χ0v) is 15.4. The molecule has 0 spiro atoms. The van der Waals surface area contributed by atoms with Gasteiger partial charge in [-0.05, 0) is 48.2 Å². The summed E-state index contributed by atoms with van der Waals surface area (Å²) in [5.41, 5.74) is 0.696. The van der Waals surface area contributed by atoms with E-state index >= 15 is 0 Å². The summed E-state index contributed by atoms with van der Waals surface area (Å²) in [7, 11) is 0. The summed E-state index contributed by atoms with van der Waals surface area (Å²) in [5.74, 6) is -2.46. The van der Waals surface area contributed by atoms with Crippen molar-refractivity contribution >= 4 is 29.3 Å². The fraction of sp³-hybridized carbons (Fsp3) is 0.222. The van der Waals surface area contributed by atoms with Crippen LogP contribution in [0.5, 0.6) is 5.75 Å². The maximum absolute atomic E-state index is 12.1. The summed E-state index contributed by atoms with van der Waals surface area (Å²) < 4.78 is 40.0. The molecule has 2 aromatic rings. The summed E-state index contributed by atoms with van der Waals surface area (Å²) >= 11 is 1.55. The number of hydrogen-bond donors (Lipinski definition) is 3. The van der Waals surface area contributed by atoms with Crippen LogP contribution >= 0.6 is 11.8 Å². The van der Waals surface area contributed by atoms with Gasteiger partial charge in [-0.1, -0.05) is 12.1 Å². The summed E-state index contributed by atoms with van der Waals surface area (Å²) in [4.78, 5) is 24.7. The van der Waals surface area contributed by atoms with E-state index < -0.39 is 30.0 Å². The van der Waals surface area contributed by atoms with Crippen LogP contribution in [0.15, 0.2) is 53.4 Å². The van der Waals surface area contributed by atoms with Crippen molar-refractivity contribution in [3.63, 3.8) is 0 Å². The second kappa shape index (κ2) is 9.47. The highest BCUT2D eigenvalue weighted by molar-refractivity contribution is 7.98. The van der Waals surface area contributed by atoms with E-state index in [0.29, 0.717) is 5.56 Å². The van der Waals surface area contributed by atoms with Crippen molar-refractivity contribution in [2.75, 3.05) is 18.1 Å². The number of halogens is 3. The number of amides is 2. The maximum Gasteiger partial charge on any atom is 0.573 e. The Bertz CT molecular complexity index is 811. The van der Waals surface area contributed by atoms with Crippen LogP contribution in [0.4, 0.5) is 18.9 Å². The van der Waals surface area contributed by atoms with Gasteiger partial charge in [-0.2, -0.15) is 0 Å². The number of nitrogens with one attached hydrogen (secondary N) is 2.